The lowest BCUT2D eigenvalue weighted by Gasteiger charge is -2.05. The maximum absolute atomic E-state index is 12.0. The number of ether oxygens (including phenoxy) is 1. The van der Waals surface area contributed by atoms with E-state index in [1.165, 1.54) is 17.6 Å². The minimum absolute atomic E-state index is 0.138. The molecule has 0 unspecified atom stereocenters. The van der Waals surface area contributed by atoms with Crippen LogP contribution in [-0.2, 0) is 11.8 Å². The number of ketones is 2. The van der Waals surface area contributed by atoms with Crippen molar-refractivity contribution in [3.8, 4) is 0 Å². The van der Waals surface area contributed by atoms with Crippen molar-refractivity contribution < 1.29 is 19.1 Å². The second-order valence-corrected chi connectivity index (χ2v) is 5.70. The van der Waals surface area contributed by atoms with Gasteiger partial charge >= 0.3 is 5.97 Å². The molecule has 1 heterocycles. The van der Waals surface area contributed by atoms with Gasteiger partial charge < -0.3 is 9.30 Å². The van der Waals surface area contributed by atoms with Gasteiger partial charge in [-0.05, 0) is 25.1 Å². The zero-order valence-electron chi connectivity index (χ0n) is 12.1. The van der Waals surface area contributed by atoms with Gasteiger partial charge in [0.25, 0.3) is 0 Å². The lowest BCUT2D eigenvalue weighted by atomic mass is 10.1. The molecule has 22 heavy (non-hydrogen) atoms. The molecule has 0 N–H and O–H groups in total. The Labute approximate surface area is 136 Å². The SMILES string of the molecule is CC(=O)c1cc(C(=O)OCC(=O)c2ccc(Br)cc2)n(C)c1. The number of hydrogen-bond donors (Lipinski definition) is 0. The number of hydrogen-bond acceptors (Lipinski definition) is 4. The van der Waals surface area contributed by atoms with E-state index >= 15 is 0 Å². The molecule has 0 spiro atoms. The third-order valence-corrected chi connectivity index (χ3v) is 3.65. The Morgan fingerprint density at radius 2 is 1.77 bits per heavy atom. The summed E-state index contributed by atoms with van der Waals surface area (Å²) in [5.74, 6) is -1.07. The van der Waals surface area contributed by atoms with Crippen LogP contribution in [0, 0.1) is 0 Å². The molecule has 0 saturated carbocycles. The molecule has 0 aliphatic heterocycles. The molecule has 0 aliphatic carbocycles. The number of halogens is 1. The molecule has 114 valence electrons. The minimum Gasteiger partial charge on any atom is -0.453 e. The van der Waals surface area contributed by atoms with Gasteiger partial charge in [0.15, 0.2) is 18.2 Å². The average Bonchev–Trinajstić information content (AvgIpc) is 2.87. The van der Waals surface area contributed by atoms with Crippen molar-refractivity contribution in [2.24, 2.45) is 7.05 Å². The van der Waals surface area contributed by atoms with Crippen LogP contribution in [0.5, 0.6) is 0 Å². The molecule has 2 aromatic rings. The Balaban J connectivity index is 2.02. The molecular weight excluding hydrogens is 350 g/mol. The first kappa shape index (κ1) is 16.2. The fraction of sp³-hybridized carbons (Fsp3) is 0.188. The maximum Gasteiger partial charge on any atom is 0.355 e. The predicted molar refractivity (Wildman–Crippen MR) is 84.2 cm³/mol. The summed E-state index contributed by atoms with van der Waals surface area (Å²) in [7, 11) is 1.64. The Morgan fingerprint density at radius 1 is 1.14 bits per heavy atom. The zero-order valence-corrected chi connectivity index (χ0v) is 13.7. The molecule has 5 nitrogen and oxygen atoms in total. The van der Waals surface area contributed by atoms with E-state index in [1.54, 1.807) is 37.5 Å². The first-order valence-electron chi connectivity index (χ1n) is 6.51. The van der Waals surface area contributed by atoms with E-state index in [1.807, 2.05) is 0 Å². The number of nitrogens with zero attached hydrogens (tertiary/aromatic N) is 1. The third-order valence-electron chi connectivity index (χ3n) is 3.12. The molecule has 0 bridgehead atoms. The van der Waals surface area contributed by atoms with Crippen molar-refractivity contribution in [3.05, 3.63) is 57.8 Å². The Bertz CT molecular complexity index is 731. The van der Waals surface area contributed by atoms with Crippen LogP contribution in [-0.4, -0.2) is 28.7 Å². The number of benzene rings is 1. The maximum atomic E-state index is 12.0. The van der Waals surface area contributed by atoms with Gasteiger partial charge in [-0.1, -0.05) is 28.1 Å². The highest BCUT2D eigenvalue weighted by Crippen LogP contribution is 2.12. The highest BCUT2D eigenvalue weighted by molar-refractivity contribution is 9.10. The van der Waals surface area contributed by atoms with Crippen molar-refractivity contribution >= 4 is 33.5 Å². The fourth-order valence-corrected chi connectivity index (χ4v) is 2.15. The van der Waals surface area contributed by atoms with Crippen LogP contribution in [0.25, 0.3) is 0 Å². The molecule has 0 radical (unpaired) electrons. The minimum atomic E-state index is -0.638. The molecule has 6 heteroatoms. The van der Waals surface area contributed by atoms with Crippen molar-refractivity contribution in [2.75, 3.05) is 6.61 Å². The normalized spacial score (nSPS) is 10.3. The van der Waals surface area contributed by atoms with Crippen molar-refractivity contribution in [2.45, 2.75) is 6.92 Å². The van der Waals surface area contributed by atoms with Crippen molar-refractivity contribution in [1.82, 2.24) is 4.57 Å². The topological polar surface area (TPSA) is 65.4 Å². The van der Waals surface area contributed by atoms with Crippen LogP contribution in [0.4, 0.5) is 0 Å². The van der Waals surface area contributed by atoms with Crippen LogP contribution in [0.1, 0.15) is 38.1 Å². The van der Waals surface area contributed by atoms with Gasteiger partial charge in [-0.2, -0.15) is 0 Å². The van der Waals surface area contributed by atoms with Gasteiger partial charge in [0.2, 0.25) is 0 Å². The highest BCUT2D eigenvalue weighted by atomic mass is 79.9. The largest absolute Gasteiger partial charge is 0.453 e. The summed E-state index contributed by atoms with van der Waals surface area (Å²) in [6, 6.07) is 8.23. The summed E-state index contributed by atoms with van der Waals surface area (Å²) < 4.78 is 7.38. The summed E-state index contributed by atoms with van der Waals surface area (Å²) in [4.78, 5) is 35.2. The number of aromatic nitrogens is 1. The van der Waals surface area contributed by atoms with Gasteiger partial charge in [0, 0.05) is 28.8 Å². The predicted octanol–water partition coefficient (Wildman–Crippen LogP) is 3.03. The van der Waals surface area contributed by atoms with Gasteiger partial charge in [-0.25, -0.2) is 4.79 Å². The molecule has 2 rings (SSSR count). The monoisotopic (exact) mass is 363 g/mol. The van der Waals surface area contributed by atoms with Gasteiger partial charge in [-0.15, -0.1) is 0 Å². The molecule has 0 aliphatic rings. The fourth-order valence-electron chi connectivity index (χ4n) is 1.88. The van der Waals surface area contributed by atoms with E-state index in [0.29, 0.717) is 11.1 Å². The average molecular weight is 364 g/mol. The summed E-state index contributed by atoms with van der Waals surface area (Å²) in [5, 5.41) is 0. The third kappa shape index (κ3) is 3.71. The molecule has 1 aromatic heterocycles. The van der Waals surface area contributed by atoms with Crippen LogP contribution < -0.4 is 0 Å². The molecule has 0 saturated heterocycles. The summed E-state index contributed by atoms with van der Waals surface area (Å²) in [6.45, 7) is 1.07. The quantitative estimate of drug-likeness (QED) is 0.604. The number of Topliss-reactive ketones (excluding diaryl/α,β-unsaturated/α-hetero) is 2. The van der Waals surface area contributed by atoms with E-state index in [0.717, 1.165) is 4.47 Å². The number of carbonyl (C=O) groups excluding carboxylic acids is 3. The second-order valence-electron chi connectivity index (χ2n) is 4.79. The summed E-state index contributed by atoms with van der Waals surface area (Å²) >= 11 is 3.28. The molecular formula is C16H14BrNO4. The van der Waals surface area contributed by atoms with Crippen LogP contribution in [0.15, 0.2) is 41.0 Å². The summed E-state index contributed by atoms with van der Waals surface area (Å²) in [6.07, 6.45) is 1.55. The van der Waals surface area contributed by atoms with E-state index in [4.69, 9.17) is 4.74 Å². The number of carbonyl (C=O) groups is 3. The lowest BCUT2D eigenvalue weighted by molar-refractivity contribution is 0.0465. The van der Waals surface area contributed by atoms with Crippen LogP contribution in [0.2, 0.25) is 0 Å². The standard InChI is InChI=1S/C16H14BrNO4/c1-10(19)12-7-14(18(2)8-12)16(21)22-9-15(20)11-3-5-13(17)6-4-11/h3-8H,9H2,1-2H3. The zero-order chi connectivity index (χ0) is 16.3. The van der Waals surface area contributed by atoms with E-state index in [2.05, 4.69) is 15.9 Å². The van der Waals surface area contributed by atoms with Crippen molar-refractivity contribution in [1.29, 1.82) is 0 Å². The smallest absolute Gasteiger partial charge is 0.355 e. The number of rotatable bonds is 5. The number of aryl methyl sites for hydroxylation is 1. The van der Waals surface area contributed by atoms with E-state index in [-0.39, 0.29) is 23.9 Å². The lowest BCUT2D eigenvalue weighted by Crippen LogP contribution is -2.16. The van der Waals surface area contributed by atoms with Crippen molar-refractivity contribution in [3.63, 3.8) is 0 Å². The van der Waals surface area contributed by atoms with E-state index < -0.39 is 5.97 Å². The molecule has 1 aromatic carbocycles. The Kier molecular flexibility index (Phi) is 4.92. The van der Waals surface area contributed by atoms with Crippen LogP contribution in [0.3, 0.4) is 0 Å². The molecule has 0 atom stereocenters. The number of esters is 1. The van der Waals surface area contributed by atoms with Crippen LogP contribution >= 0.6 is 15.9 Å². The second kappa shape index (κ2) is 6.70. The van der Waals surface area contributed by atoms with Gasteiger partial charge in [0.05, 0.1) is 0 Å². The molecule has 0 amide bonds. The first-order valence-corrected chi connectivity index (χ1v) is 7.31. The first-order chi connectivity index (χ1) is 10.4. The Morgan fingerprint density at radius 3 is 2.32 bits per heavy atom. The highest BCUT2D eigenvalue weighted by Gasteiger charge is 2.17. The molecule has 0 fully saturated rings. The van der Waals surface area contributed by atoms with E-state index in [9.17, 15) is 14.4 Å². The van der Waals surface area contributed by atoms with Gasteiger partial charge in [-0.3, -0.25) is 9.59 Å². The van der Waals surface area contributed by atoms with Gasteiger partial charge in [0.1, 0.15) is 5.69 Å². The Hall–Kier alpha value is -2.21. The summed E-state index contributed by atoms with van der Waals surface area (Å²) in [5.41, 5.74) is 1.12.